The summed E-state index contributed by atoms with van der Waals surface area (Å²) in [7, 11) is 0. The van der Waals surface area contributed by atoms with Crippen LogP contribution in [0.25, 0.3) is 10.9 Å². The van der Waals surface area contributed by atoms with E-state index < -0.39 is 120 Å². The van der Waals surface area contributed by atoms with E-state index in [9.17, 15) is 53.1 Å². The number of primary amides is 1. The van der Waals surface area contributed by atoms with E-state index in [-0.39, 0.29) is 140 Å². The zero-order chi connectivity index (χ0) is 68.9. The minimum absolute atomic E-state index is 0.0101. The number of H-pyrrole nitrogens is 1. The van der Waals surface area contributed by atoms with Gasteiger partial charge in [-0.3, -0.25) is 67.9 Å². The average Bonchev–Trinajstić information content (AvgIpc) is 1.64. The zero-order valence-electron chi connectivity index (χ0n) is 52.7. The summed E-state index contributed by atoms with van der Waals surface area (Å²) in [6.07, 6.45) is 1.75. The van der Waals surface area contributed by atoms with Gasteiger partial charge in [-0.25, -0.2) is 0 Å². The number of amides is 10. The lowest BCUT2D eigenvalue weighted by atomic mass is 10.0. The Morgan fingerprint density at radius 1 is 0.435 bits per heavy atom. The summed E-state index contributed by atoms with van der Waals surface area (Å²) in [5.41, 5.74) is 62.6. The van der Waals surface area contributed by atoms with Crippen LogP contribution in [0.2, 0.25) is 0 Å². The molecule has 0 saturated carbocycles. The van der Waals surface area contributed by atoms with Crippen molar-refractivity contribution in [2.24, 2.45) is 83.0 Å². The van der Waals surface area contributed by atoms with Gasteiger partial charge in [0.05, 0.1) is 6.10 Å². The number of rotatable bonds is 45. The summed E-state index contributed by atoms with van der Waals surface area (Å²) in [4.78, 5) is 157. The lowest BCUT2D eigenvalue weighted by Gasteiger charge is -2.28. The number of guanidine groups is 4. The van der Waals surface area contributed by atoms with E-state index in [0.29, 0.717) is 35.7 Å². The number of benzene rings is 1. The van der Waals surface area contributed by atoms with Crippen LogP contribution in [0.1, 0.15) is 116 Å². The number of aromatic amines is 1. The third-order valence-electron chi connectivity index (χ3n) is 14.1. The predicted molar refractivity (Wildman–Crippen MR) is 347 cm³/mol. The second-order valence-electron chi connectivity index (χ2n) is 21.9. The number of hydrogen-bond acceptors (Lipinski definition) is 17. The molecule has 1 aromatic heterocycles. The van der Waals surface area contributed by atoms with E-state index in [4.69, 9.17) is 63.1 Å². The van der Waals surface area contributed by atoms with E-state index in [1.807, 2.05) is 0 Å². The van der Waals surface area contributed by atoms with Gasteiger partial charge in [0.15, 0.2) is 23.8 Å². The van der Waals surface area contributed by atoms with Crippen molar-refractivity contribution in [1.82, 2.24) is 52.8 Å². The number of fused-ring (bicyclic) bond motifs is 1. The number of unbranched alkanes of at least 4 members (excludes halogenated alkanes) is 2. The summed E-state index contributed by atoms with van der Waals surface area (Å²) in [6.45, 7) is 4.40. The molecule has 0 aliphatic heterocycles. The van der Waals surface area contributed by atoms with Crippen molar-refractivity contribution in [2.75, 3.05) is 39.3 Å². The molecule has 0 fully saturated rings. The molecule has 514 valence electrons. The SMILES string of the molecule is CC(=O)N[C@@H](CCCN=C(N)N)C(=O)N[C@@H](C)C(=O)N[C@@H](Cc1c[nH]c2ccccc12)C(=O)N[C@@H](CCCN=C(N)N)C(=O)N[C@@H](CCCN=C(N)N)C(=O)N[C@@H](CCCCN)C(=O)N[C@@H](CCCCN)C(=O)N[C@@H](CCCN=C(N)N)C(=O)N[C@H](C(N)=O)[C@@H](C)O. The number of aliphatic imine (C=N–C) groups is 4. The highest BCUT2D eigenvalue weighted by Crippen LogP contribution is 2.20. The van der Waals surface area contributed by atoms with Gasteiger partial charge in [0.1, 0.15) is 54.4 Å². The van der Waals surface area contributed by atoms with Gasteiger partial charge in [0.25, 0.3) is 0 Å². The molecule has 2 rings (SSSR count). The predicted octanol–water partition coefficient (Wildman–Crippen LogP) is -7.55. The van der Waals surface area contributed by atoms with Crippen molar-refractivity contribution in [2.45, 2.75) is 178 Å². The van der Waals surface area contributed by atoms with Crippen molar-refractivity contribution in [3.63, 3.8) is 0 Å². The number of hydrogen-bond donors (Lipinski definition) is 22. The molecule has 0 aliphatic rings. The number of nitrogens with one attached hydrogen (secondary N) is 10. The zero-order valence-corrected chi connectivity index (χ0v) is 52.7. The second-order valence-corrected chi connectivity index (χ2v) is 21.9. The van der Waals surface area contributed by atoms with Gasteiger partial charge in [0, 0.05) is 56.6 Å². The molecule has 1 aromatic carbocycles. The van der Waals surface area contributed by atoms with Crippen LogP contribution in [0.15, 0.2) is 50.4 Å². The van der Waals surface area contributed by atoms with E-state index in [0.717, 1.165) is 0 Å². The molecular formula is C56H99N25O11. The molecule has 0 bridgehead atoms. The number of carbonyl (C=O) groups is 10. The Morgan fingerprint density at radius 2 is 0.761 bits per heavy atom. The maximum atomic E-state index is 14.8. The molecular weight excluding hydrogens is 1200 g/mol. The van der Waals surface area contributed by atoms with Crippen LogP contribution < -0.4 is 111 Å². The molecule has 1 heterocycles. The topological polar surface area (TPSA) is 651 Å². The first-order valence-corrected chi connectivity index (χ1v) is 30.4. The molecule has 10 amide bonds. The summed E-state index contributed by atoms with van der Waals surface area (Å²) < 4.78 is 0. The molecule has 36 heteroatoms. The van der Waals surface area contributed by atoms with Gasteiger partial charge < -0.3 is 121 Å². The lowest BCUT2D eigenvalue weighted by molar-refractivity contribution is -0.136. The van der Waals surface area contributed by atoms with Gasteiger partial charge in [0.2, 0.25) is 59.1 Å². The Morgan fingerprint density at radius 3 is 1.11 bits per heavy atom. The van der Waals surface area contributed by atoms with Crippen LogP contribution in [0.5, 0.6) is 0 Å². The maximum Gasteiger partial charge on any atom is 0.243 e. The minimum atomic E-state index is -1.54. The molecule has 0 unspecified atom stereocenters. The first kappa shape index (κ1) is 78.5. The van der Waals surface area contributed by atoms with Crippen LogP contribution in [0.3, 0.4) is 0 Å². The third-order valence-corrected chi connectivity index (χ3v) is 14.1. The van der Waals surface area contributed by atoms with Crippen molar-refractivity contribution in [3.05, 3.63) is 36.0 Å². The Hall–Kier alpha value is -9.58. The molecule has 0 spiro atoms. The Kier molecular flexibility index (Phi) is 36.2. The number of aliphatic hydroxyl groups excluding tert-OH is 1. The molecule has 92 heavy (non-hydrogen) atoms. The van der Waals surface area contributed by atoms with Crippen LogP contribution in [-0.4, -0.2) is 193 Å². The van der Waals surface area contributed by atoms with E-state index >= 15 is 0 Å². The molecule has 0 saturated heterocycles. The number of nitrogens with two attached hydrogens (primary N) is 11. The van der Waals surface area contributed by atoms with Crippen molar-refractivity contribution in [3.8, 4) is 0 Å². The maximum absolute atomic E-state index is 14.8. The van der Waals surface area contributed by atoms with Crippen LogP contribution in [0, 0.1) is 0 Å². The van der Waals surface area contributed by atoms with Gasteiger partial charge in [-0.1, -0.05) is 18.2 Å². The Bertz CT molecular complexity index is 2850. The molecule has 2 aromatic rings. The van der Waals surface area contributed by atoms with Crippen LogP contribution >= 0.6 is 0 Å². The number of para-hydroxylation sites is 1. The number of aromatic nitrogens is 1. The number of carbonyl (C=O) groups excluding carboxylic acids is 10. The van der Waals surface area contributed by atoms with Crippen LogP contribution in [0.4, 0.5) is 0 Å². The lowest BCUT2D eigenvalue weighted by Crippen LogP contribution is -2.60. The van der Waals surface area contributed by atoms with E-state index in [2.05, 4.69) is 72.8 Å². The van der Waals surface area contributed by atoms with Gasteiger partial charge in [-0.05, 0) is 128 Å². The monoisotopic (exact) mass is 1300 g/mol. The normalized spacial score (nSPS) is 14.2. The number of aliphatic hydroxyl groups is 1. The quantitative estimate of drug-likeness (QED) is 0.0166. The second kappa shape index (κ2) is 42.4. The molecule has 36 nitrogen and oxygen atoms in total. The highest BCUT2D eigenvalue weighted by molar-refractivity contribution is 5.99. The highest BCUT2D eigenvalue weighted by Gasteiger charge is 2.35. The highest BCUT2D eigenvalue weighted by atomic mass is 16.3. The first-order chi connectivity index (χ1) is 43.6. The minimum Gasteiger partial charge on any atom is -0.391 e. The average molecular weight is 1300 g/mol. The third kappa shape index (κ3) is 30.8. The standard InChI is InChI=1S/C56H99N25O11/c1-30(73-46(86)36(74-32(3)83)18-10-24-68-53(60)61)45(85)80-42(28-33-29-72-35-15-5-4-14-34(33)35)52(92)79-40(20-12-26-70-55(64)65)50(90)77-39(19-11-25-69-54(62)63)49(89)76-37(16-6-8-22-57)47(87)75-38(17-7-9-23-58)48(88)78-41(21-13-27-71-56(66)67)51(91)81-43(31(2)82)44(59)84/h4-5,14-15,29-31,36-43,72,82H,6-13,16-28,57-58H2,1-3H3,(H2,59,84)(H,73,86)(H,74,83)(H,75,87)(H,76,89)(H,77,90)(H,78,88)(H,79,92)(H,80,85)(H,81,91)(H4,60,61,68)(H4,62,63,69)(H4,64,65,70)(H4,66,67,71)/t30-,31+,36-,37-,38-,39-,40-,41-,42-,43-/m0/s1. The summed E-state index contributed by atoms with van der Waals surface area (Å²) >= 11 is 0. The Balaban J connectivity index is 2.64. The van der Waals surface area contributed by atoms with E-state index in [1.165, 1.54) is 20.8 Å². The van der Waals surface area contributed by atoms with E-state index in [1.54, 1.807) is 30.5 Å². The fourth-order valence-corrected chi connectivity index (χ4v) is 9.31. The smallest absolute Gasteiger partial charge is 0.243 e. The summed E-state index contributed by atoms with van der Waals surface area (Å²) in [5, 5.41) is 34.5. The summed E-state index contributed by atoms with van der Waals surface area (Å²) in [5.74, 6) is -9.28. The first-order valence-electron chi connectivity index (χ1n) is 30.4. The largest absolute Gasteiger partial charge is 0.391 e. The summed E-state index contributed by atoms with van der Waals surface area (Å²) in [6, 6.07) is -5.24. The van der Waals surface area contributed by atoms with Gasteiger partial charge in [-0.15, -0.1) is 0 Å². The molecule has 0 aliphatic carbocycles. The van der Waals surface area contributed by atoms with Crippen LogP contribution in [-0.2, 0) is 54.4 Å². The van der Waals surface area contributed by atoms with Crippen molar-refractivity contribution >= 4 is 93.8 Å². The Labute approximate surface area is 534 Å². The molecule has 0 radical (unpaired) electrons. The molecule has 10 atom stereocenters. The van der Waals surface area contributed by atoms with Crippen molar-refractivity contribution < 1.29 is 53.1 Å². The van der Waals surface area contributed by atoms with Gasteiger partial charge in [-0.2, -0.15) is 0 Å². The molecule has 33 N–H and O–H groups in total. The number of nitrogens with zero attached hydrogens (tertiary/aromatic N) is 4. The van der Waals surface area contributed by atoms with Crippen molar-refractivity contribution in [1.29, 1.82) is 0 Å². The fraction of sp³-hybridized carbons (Fsp3) is 0.607. The fourth-order valence-electron chi connectivity index (χ4n) is 9.31. The van der Waals surface area contributed by atoms with Gasteiger partial charge >= 0.3 is 0 Å².